The predicted octanol–water partition coefficient (Wildman–Crippen LogP) is 2.77. The highest BCUT2D eigenvalue weighted by Crippen LogP contribution is 2.26. The average molecular weight is 305 g/mol. The van der Waals surface area contributed by atoms with Crippen molar-refractivity contribution in [3.63, 3.8) is 0 Å². The van der Waals surface area contributed by atoms with Crippen LogP contribution in [0, 0.1) is 11.3 Å². The Hall–Kier alpha value is -1.45. The van der Waals surface area contributed by atoms with Crippen molar-refractivity contribution in [3.8, 4) is 6.07 Å². The van der Waals surface area contributed by atoms with Gasteiger partial charge in [0.1, 0.15) is 10.9 Å². The van der Waals surface area contributed by atoms with E-state index < -0.39 is 0 Å². The number of para-hydroxylation sites is 1. The van der Waals surface area contributed by atoms with E-state index in [2.05, 4.69) is 11.9 Å². The van der Waals surface area contributed by atoms with Gasteiger partial charge in [0.25, 0.3) is 0 Å². The number of hydrogen-bond acceptors (Lipinski definition) is 5. The molecule has 0 spiro atoms. The van der Waals surface area contributed by atoms with Gasteiger partial charge in [0.15, 0.2) is 0 Å². The van der Waals surface area contributed by atoms with Crippen molar-refractivity contribution in [1.29, 1.82) is 5.26 Å². The molecular weight excluding hydrogens is 290 g/mol. The third kappa shape index (κ3) is 4.02. The smallest absolute Gasteiger partial charge is 0.238 e. The van der Waals surface area contributed by atoms with Crippen molar-refractivity contribution >= 4 is 39.5 Å². The van der Waals surface area contributed by atoms with Gasteiger partial charge in [-0.1, -0.05) is 41.7 Å². The molecule has 1 aliphatic heterocycles. The number of carbonyl (C=O) groups is 1. The van der Waals surface area contributed by atoms with Gasteiger partial charge in [0, 0.05) is 11.4 Å². The summed E-state index contributed by atoms with van der Waals surface area (Å²) in [4.78, 5) is 18.2. The molecule has 0 aromatic heterocycles. The van der Waals surface area contributed by atoms with Gasteiger partial charge in [0.05, 0.1) is 17.9 Å². The lowest BCUT2D eigenvalue weighted by atomic mass is 10.3. The van der Waals surface area contributed by atoms with Crippen LogP contribution in [-0.2, 0) is 4.79 Å². The SMILES string of the molecule is C[C@@H]1CSC(SCC(=O)N(CC#N)c2ccccc2)=N1. The molecule has 4 nitrogen and oxygen atoms in total. The lowest BCUT2D eigenvalue weighted by molar-refractivity contribution is -0.116. The Balaban J connectivity index is 1.98. The minimum Gasteiger partial charge on any atom is -0.298 e. The second kappa shape index (κ2) is 7.36. The molecule has 1 aromatic carbocycles. The lowest BCUT2D eigenvalue weighted by Gasteiger charge is -2.19. The molecule has 1 atom stereocenters. The summed E-state index contributed by atoms with van der Waals surface area (Å²) in [7, 11) is 0. The Morgan fingerprint density at radius 2 is 2.30 bits per heavy atom. The van der Waals surface area contributed by atoms with E-state index in [-0.39, 0.29) is 12.5 Å². The number of thioether (sulfide) groups is 2. The zero-order valence-electron chi connectivity index (χ0n) is 11.2. The molecule has 1 aliphatic rings. The van der Waals surface area contributed by atoms with Gasteiger partial charge >= 0.3 is 0 Å². The molecule has 0 radical (unpaired) electrons. The van der Waals surface area contributed by atoms with Crippen LogP contribution in [0.1, 0.15) is 6.92 Å². The molecular formula is C14H15N3OS2. The number of amides is 1. The molecule has 1 amide bonds. The topological polar surface area (TPSA) is 56.5 Å². The number of carbonyl (C=O) groups excluding carboxylic acids is 1. The number of anilines is 1. The van der Waals surface area contributed by atoms with E-state index in [1.54, 1.807) is 11.8 Å². The maximum Gasteiger partial charge on any atom is 0.238 e. The van der Waals surface area contributed by atoms with E-state index in [0.717, 1.165) is 15.8 Å². The Morgan fingerprint density at radius 3 is 2.90 bits per heavy atom. The first-order valence-electron chi connectivity index (χ1n) is 6.26. The maximum absolute atomic E-state index is 12.3. The van der Waals surface area contributed by atoms with E-state index >= 15 is 0 Å². The lowest BCUT2D eigenvalue weighted by Crippen LogP contribution is -2.32. The zero-order valence-corrected chi connectivity index (χ0v) is 12.8. The first kappa shape index (κ1) is 14.9. The summed E-state index contributed by atoms with van der Waals surface area (Å²) in [5, 5.41) is 8.88. The van der Waals surface area contributed by atoms with Crippen molar-refractivity contribution < 1.29 is 4.79 Å². The van der Waals surface area contributed by atoms with Crippen LogP contribution in [0.15, 0.2) is 35.3 Å². The molecule has 0 aliphatic carbocycles. The number of nitriles is 1. The summed E-state index contributed by atoms with van der Waals surface area (Å²) in [6.45, 7) is 2.13. The number of benzene rings is 1. The standard InChI is InChI=1S/C14H15N3OS2/c1-11-9-19-14(16-11)20-10-13(18)17(8-7-15)12-5-3-2-4-6-12/h2-6,11H,8-10H2,1H3/t11-/m1/s1. The first-order chi connectivity index (χ1) is 9.70. The molecule has 6 heteroatoms. The molecule has 104 valence electrons. The normalized spacial score (nSPS) is 17.4. The Morgan fingerprint density at radius 1 is 1.55 bits per heavy atom. The number of rotatable bonds is 4. The summed E-state index contributed by atoms with van der Waals surface area (Å²) in [6, 6.07) is 11.7. The van der Waals surface area contributed by atoms with Crippen molar-refractivity contribution in [1.82, 2.24) is 0 Å². The van der Waals surface area contributed by atoms with Crippen LogP contribution < -0.4 is 4.90 Å². The fourth-order valence-electron chi connectivity index (χ4n) is 1.73. The van der Waals surface area contributed by atoms with Gasteiger partial charge in [-0.15, -0.1) is 0 Å². The third-order valence-corrected chi connectivity index (χ3v) is 5.14. The van der Waals surface area contributed by atoms with Crippen LogP contribution in [0.4, 0.5) is 5.69 Å². The fraction of sp³-hybridized carbons (Fsp3) is 0.357. The van der Waals surface area contributed by atoms with Crippen LogP contribution in [-0.4, -0.2) is 34.4 Å². The molecule has 0 saturated heterocycles. The van der Waals surface area contributed by atoms with Gasteiger partial charge in [-0.05, 0) is 19.1 Å². The Kier molecular flexibility index (Phi) is 5.50. The number of nitrogens with zero attached hydrogens (tertiary/aromatic N) is 3. The minimum atomic E-state index is -0.0643. The molecule has 0 bridgehead atoms. The van der Waals surface area contributed by atoms with E-state index in [1.807, 2.05) is 36.4 Å². The summed E-state index contributed by atoms with van der Waals surface area (Å²) < 4.78 is 0.968. The summed E-state index contributed by atoms with van der Waals surface area (Å²) >= 11 is 3.15. The maximum atomic E-state index is 12.3. The van der Waals surface area contributed by atoms with Gasteiger partial charge < -0.3 is 0 Å². The van der Waals surface area contributed by atoms with Crippen LogP contribution in [0.25, 0.3) is 0 Å². The quantitative estimate of drug-likeness (QED) is 0.803. The van der Waals surface area contributed by atoms with E-state index in [0.29, 0.717) is 11.8 Å². The van der Waals surface area contributed by atoms with Gasteiger partial charge in [-0.3, -0.25) is 14.7 Å². The van der Waals surface area contributed by atoms with Crippen molar-refractivity contribution in [2.75, 3.05) is 23.0 Å². The van der Waals surface area contributed by atoms with Crippen LogP contribution in [0.3, 0.4) is 0 Å². The van der Waals surface area contributed by atoms with Crippen molar-refractivity contribution in [2.24, 2.45) is 4.99 Å². The van der Waals surface area contributed by atoms with Crippen molar-refractivity contribution in [3.05, 3.63) is 30.3 Å². The molecule has 0 N–H and O–H groups in total. The molecule has 0 saturated carbocycles. The summed E-state index contributed by atoms with van der Waals surface area (Å²) in [5.41, 5.74) is 0.758. The van der Waals surface area contributed by atoms with E-state index in [9.17, 15) is 4.79 Å². The fourth-order valence-corrected chi connectivity index (χ4v) is 3.81. The van der Waals surface area contributed by atoms with Crippen LogP contribution in [0.2, 0.25) is 0 Å². The second-order valence-corrected chi connectivity index (χ2v) is 6.55. The molecule has 20 heavy (non-hydrogen) atoms. The van der Waals surface area contributed by atoms with Gasteiger partial charge in [-0.25, -0.2) is 0 Å². The van der Waals surface area contributed by atoms with Crippen molar-refractivity contribution in [2.45, 2.75) is 13.0 Å². The van der Waals surface area contributed by atoms with Gasteiger partial charge in [0.2, 0.25) is 5.91 Å². The monoisotopic (exact) mass is 305 g/mol. The number of hydrogen-bond donors (Lipinski definition) is 0. The highest BCUT2D eigenvalue weighted by atomic mass is 32.2. The first-order valence-corrected chi connectivity index (χ1v) is 8.23. The molecule has 0 unspecified atom stereocenters. The second-order valence-electron chi connectivity index (χ2n) is 4.32. The molecule has 2 rings (SSSR count). The van der Waals surface area contributed by atoms with E-state index in [1.165, 1.54) is 16.7 Å². The highest BCUT2D eigenvalue weighted by molar-refractivity contribution is 8.39. The molecule has 1 heterocycles. The minimum absolute atomic E-state index is 0.0643. The third-order valence-electron chi connectivity index (χ3n) is 2.69. The Bertz CT molecular complexity index is 539. The summed E-state index contributed by atoms with van der Waals surface area (Å²) in [5.74, 6) is 1.23. The predicted molar refractivity (Wildman–Crippen MR) is 86.2 cm³/mol. The number of aliphatic imine (C=N–C) groups is 1. The molecule has 0 fully saturated rings. The average Bonchev–Trinajstić information content (AvgIpc) is 2.89. The summed E-state index contributed by atoms with van der Waals surface area (Å²) in [6.07, 6.45) is 0. The zero-order chi connectivity index (χ0) is 14.4. The highest BCUT2D eigenvalue weighted by Gasteiger charge is 2.19. The Labute approximate surface area is 127 Å². The molecule has 1 aromatic rings. The van der Waals surface area contributed by atoms with Gasteiger partial charge in [-0.2, -0.15) is 5.26 Å². The van der Waals surface area contributed by atoms with Crippen LogP contribution in [0.5, 0.6) is 0 Å². The van der Waals surface area contributed by atoms with E-state index in [4.69, 9.17) is 5.26 Å². The largest absolute Gasteiger partial charge is 0.298 e. The van der Waals surface area contributed by atoms with Crippen LogP contribution >= 0.6 is 23.5 Å².